The lowest BCUT2D eigenvalue weighted by Crippen LogP contribution is -2.40. The van der Waals surface area contributed by atoms with Gasteiger partial charge in [-0.1, -0.05) is 54.9 Å². The average molecular weight is 483 g/mol. The molecule has 2 aromatic carbocycles. The summed E-state index contributed by atoms with van der Waals surface area (Å²) >= 11 is 6.40. The van der Waals surface area contributed by atoms with Gasteiger partial charge in [0, 0.05) is 12.2 Å². The van der Waals surface area contributed by atoms with Crippen molar-refractivity contribution in [3.05, 3.63) is 76.6 Å². The number of carbonyl (C=O) groups excluding carboxylic acids is 3. The Balaban J connectivity index is 1.63. The molecule has 1 heterocycles. The van der Waals surface area contributed by atoms with Gasteiger partial charge in [-0.15, -0.1) is 0 Å². The van der Waals surface area contributed by atoms with Crippen LogP contribution in [-0.4, -0.2) is 52.2 Å². The molecule has 8 nitrogen and oxygen atoms in total. The molecular formula is C25H27ClN4O4. The van der Waals surface area contributed by atoms with Crippen LogP contribution in [0.2, 0.25) is 5.15 Å². The van der Waals surface area contributed by atoms with E-state index in [4.69, 9.17) is 16.3 Å². The molecule has 1 N–H and O–H groups in total. The summed E-state index contributed by atoms with van der Waals surface area (Å²) in [6, 6.07) is 16.5. The van der Waals surface area contributed by atoms with Gasteiger partial charge in [-0.3, -0.25) is 9.59 Å². The first-order chi connectivity index (χ1) is 16.3. The van der Waals surface area contributed by atoms with Gasteiger partial charge >= 0.3 is 5.97 Å². The fourth-order valence-electron chi connectivity index (χ4n) is 3.40. The molecule has 0 aliphatic carbocycles. The Morgan fingerprint density at radius 1 is 1.06 bits per heavy atom. The van der Waals surface area contributed by atoms with E-state index in [1.165, 1.54) is 9.58 Å². The summed E-state index contributed by atoms with van der Waals surface area (Å²) in [6.07, 6.45) is 0.645. The number of rotatable bonds is 9. The fourth-order valence-corrected chi connectivity index (χ4v) is 3.75. The Bertz CT molecular complexity index is 1180. The number of anilines is 1. The predicted molar refractivity (Wildman–Crippen MR) is 130 cm³/mol. The second-order valence-corrected chi connectivity index (χ2v) is 8.11. The van der Waals surface area contributed by atoms with Crippen molar-refractivity contribution in [3.63, 3.8) is 0 Å². The smallest absolute Gasteiger partial charge is 0.343 e. The molecule has 9 heteroatoms. The maximum atomic E-state index is 12.7. The van der Waals surface area contributed by atoms with E-state index in [0.29, 0.717) is 30.0 Å². The van der Waals surface area contributed by atoms with Crippen LogP contribution in [0.1, 0.15) is 35.0 Å². The summed E-state index contributed by atoms with van der Waals surface area (Å²) in [5.41, 5.74) is 2.77. The first-order valence-corrected chi connectivity index (χ1v) is 11.3. The van der Waals surface area contributed by atoms with Crippen molar-refractivity contribution >= 4 is 35.1 Å². The molecule has 34 heavy (non-hydrogen) atoms. The number of nitrogens with zero attached hydrogens (tertiary/aromatic N) is 3. The van der Waals surface area contributed by atoms with Crippen molar-refractivity contribution in [1.82, 2.24) is 14.7 Å². The monoisotopic (exact) mass is 482 g/mol. The molecular weight excluding hydrogens is 456 g/mol. The number of nitrogens with one attached hydrogen (secondary N) is 1. The van der Waals surface area contributed by atoms with Crippen LogP contribution < -0.4 is 5.32 Å². The molecule has 0 bridgehead atoms. The molecule has 1 aromatic heterocycles. The van der Waals surface area contributed by atoms with Crippen molar-refractivity contribution in [1.29, 1.82) is 0 Å². The van der Waals surface area contributed by atoms with E-state index in [9.17, 15) is 14.4 Å². The Labute approximate surface area is 203 Å². The minimum atomic E-state index is -0.751. The average Bonchev–Trinajstić information content (AvgIpc) is 3.13. The number of hydrogen-bond acceptors (Lipinski definition) is 5. The van der Waals surface area contributed by atoms with Gasteiger partial charge in [0.05, 0.1) is 17.9 Å². The number of amides is 2. The summed E-state index contributed by atoms with van der Waals surface area (Å²) in [4.78, 5) is 39.3. The number of para-hydroxylation sites is 2. The van der Waals surface area contributed by atoms with Gasteiger partial charge in [-0.2, -0.15) is 5.10 Å². The Morgan fingerprint density at radius 2 is 1.74 bits per heavy atom. The zero-order valence-corrected chi connectivity index (χ0v) is 20.1. The third-order valence-corrected chi connectivity index (χ3v) is 5.48. The Hall–Kier alpha value is -3.65. The highest BCUT2D eigenvalue weighted by Gasteiger charge is 2.24. The molecule has 3 rings (SSSR count). The SMILES string of the molecule is CCCN(CC(=O)Nc1ccccc1C)C(=O)COC(=O)c1c(C)nn(-c2ccccc2)c1Cl. The zero-order chi connectivity index (χ0) is 24.7. The molecule has 178 valence electrons. The summed E-state index contributed by atoms with van der Waals surface area (Å²) in [5, 5.41) is 7.23. The molecule has 0 saturated heterocycles. The summed E-state index contributed by atoms with van der Waals surface area (Å²) in [6.45, 7) is 5.11. The van der Waals surface area contributed by atoms with Crippen LogP contribution in [0, 0.1) is 13.8 Å². The lowest BCUT2D eigenvalue weighted by atomic mass is 10.2. The number of hydrogen-bond donors (Lipinski definition) is 1. The van der Waals surface area contributed by atoms with E-state index < -0.39 is 18.5 Å². The lowest BCUT2D eigenvalue weighted by molar-refractivity contribution is -0.137. The van der Waals surface area contributed by atoms with Crippen LogP contribution in [-0.2, 0) is 14.3 Å². The topological polar surface area (TPSA) is 93.5 Å². The van der Waals surface area contributed by atoms with Crippen molar-refractivity contribution in [2.24, 2.45) is 0 Å². The summed E-state index contributed by atoms with van der Waals surface area (Å²) < 4.78 is 6.69. The third-order valence-electron chi connectivity index (χ3n) is 5.14. The number of ether oxygens (including phenoxy) is 1. The van der Waals surface area contributed by atoms with Crippen LogP contribution in [0.3, 0.4) is 0 Å². The number of benzene rings is 2. The molecule has 3 aromatic rings. The van der Waals surface area contributed by atoms with Gasteiger partial charge in [0.1, 0.15) is 10.7 Å². The van der Waals surface area contributed by atoms with Crippen LogP contribution in [0.15, 0.2) is 54.6 Å². The Kier molecular flexibility index (Phi) is 8.43. The first-order valence-electron chi connectivity index (χ1n) is 10.9. The van der Waals surface area contributed by atoms with Crippen LogP contribution in [0.25, 0.3) is 5.69 Å². The third kappa shape index (κ3) is 6.02. The molecule has 0 saturated carbocycles. The molecule has 0 aliphatic heterocycles. The quantitative estimate of drug-likeness (QED) is 0.462. The highest BCUT2D eigenvalue weighted by Crippen LogP contribution is 2.24. The molecule has 0 fully saturated rings. The maximum absolute atomic E-state index is 12.7. The minimum absolute atomic E-state index is 0.0951. The van der Waals surface area contributed by atoms with Gasteiger partial charge in [-0.05, 0) is 44.0 Å². The number of aromatic nitrogens is 2. The number of aryl methyl sites for hydroxylation is 2. The molecule has 0 radical (unpaired) electrons. The van der Waals surface area contributed by atoms with Gasteiger partial charge in [0.15, 0.2) is 6.61 Å². The Morgan fingerprint density at radius 3 is 2.41 bits per heavy atom. The van der Waals surface area contributed by atoms with Gasteiger partial charge in [0.25, 0.3) is 5.91 Å². The fraction of sp³-hybridized carbons (Fsp3) is 0.280. The van der Waals surface area contributed by atoms with Gasteiger partial charge < -0.3 is 15.0 Å². The summed E-state index contributed by atoms with van der Waals surface area (Å²) in [5.74, 6) is -1.55. The number of halogens is 1. The molecule has 0 unspecified atom stereocenters. The normalized spacial score (nSPS) is 10.6. The second kappa shape index (κ2) is 11.5. The van der Waals surface area contributed by atoms with Crippen molar-refractivity contribution < 1.29 is 19.1 Å². The maximum Gasteiger partial charge on any atom is 0.343 e. The lowest BCUT2D eigenvalue weighted by Gasteiger charge is -2.21. The van der Waals surface area contributed by atoms with E-state index in [1.54, 1.807) is 13.0 Å². The van der Waals surface area contributed by atoms with E-state index in [0.717, 1.165) is 5.56 Å². The van der Waals surface area contributed by atoms with E-state index in [2.05, 4.69) is 10.4 Å². The van der Waals surface area contributed by atoms with Gasteiger partial charge in [0.2, 0.25) is 5.91 Å². The van der Waals surface area contributed by atoms with Crippen molar-refractivity contribution in [2.75, 3.05) is 25.0 Å². The predicted octanol–water partition coefficient (Wildman–Crippen LogP) is 4.18. The highest BCUT2D eigenvalue weighted by molar-refractivity contribution is 6.33. The van der Waals surface area contributed by atoms with E-state index in [1.807, 2.05) is 62.4 Å². The molecule has 0 aliphatic rings. The standard InChI is InChI=1S/C25H27ClN4O4/c1-4-14-29(15-21(31)27-20-13-9-8-10-17(20)2)22(32)16-34-25(33)23-18(3)28-30(24(23)26)19-11-6-5-7-12-19/h5-13H,4,14-16H2,1-3H3,(H,27,31). The van der Waals surface area contributed by atoms with Crippen LogP contribution in [0.5, 0.6) is 0 Å². The highest BCUT2D eigenvalue weighted by atomic mass is 35.5. The minimum Gasteiger partial charge on any atom is -0.452 e. The van der Waals surface area contributed by atoms with Crippen LogP contribution >= 0.6 is 11.6 Å². The van der Waals surface area contributed by atoms with Crippen molar-refractivity contribution in [3.8, 4) is 5.69 Å². The molecule has 2 amide bonds. The largest absolute Gasteiger partial charge is 0.452 e. The van der Waals surface area contributed by atoms with Crippen LogP contribution in [0.4, 0.5) is 5.69 Å². The summed E-state index contributed by atoms with van der Waals surface area (Å²) in [7, 11) is 0. The van der Waals surface area contributed by atoms with Crippen molar-refractivity contribution in [2.45, 2.75) is 27.2 Å². The second-order valence-electron chi connectivity index (χ2n) is 7.75. The zero-order valence-electron chi connectivity index (χ0n) is 19.4. The van der Waals surface area contributed by atoms with Gasteiger partial charge in [-0.25, -0.2) is 9.48 Å². The molecule has 0 atom stereocenters. The molecule has 0 spiro atoms. The number of carbonyl (C=O) groups is 3. The van der Waals surface area contributed by atoms with E-state index in [-0.39, 0.29) is 23.2 Å². The van der Waals surface area contributed by atoms with E-state index >= 15 is 0 Å². The first kappa shape index (κ1) is 25.0. The number of esters is 1.